The summed E-state index contributed by atoms with van der Waals surface area (Å²) in [5.41, 5.74) is 14.3. The Morgan fingerprint density at radius 2 is 1.80 bits per heavy atom. The number of benzene rings is 2. The molecule has 15 heteroatoms. The lowest BCUT2D eigenvalue weighted by Gasteiger charge is -2.29. The number of H-pyrrole nitrogens is 2. The number of fused-ring (bicyclic) bond motifs is 6. The number of ether oxygens (including phenoxy) is 1. The normalized spacial score (nSPS) is 16.7. The van der Waals surface area contributed by atoms with Gasteiger partial charge in [-0.2, -0.15) is 5.48 Å². The van der Waals surface area contributed by atoms with E-state index in [2.05, 4.69) is 52.8 Å². The number of aromatic amines is 2. The van der Waals surface area contributed by atoms with Crippen molar-refractivity contribution in [1.82, 2.24) is 45.6 Å². The van der Waals surface area contributed by atoms with Crippen LogP contribution in [0.3, 0.4) is 0 Å². The molecule has 2 aromatic carbocycles. The number of pyridine rings is 1. The predicted molar refractivity (Wildman–Crippen MR) is 212 cm³/mol. The molecule has 1 aliphatic heterocycles. The van der Waals surface area contributed by atoms with E-state index in [4.69, 9.17) is 35.2 Å². The molecule has 0 bridgehead atoms. The van der Waals surface area contributed by atoms with Gasteiger partial charge in [-0.25, -0.2) is 19.7 Å². The number of amides is 2. The van der Waals surface area contributed by atoms with E-state index < -0.39 is 12.1 Å². The van der Waals surface area contributed by atoms with Crippen molar-refractivity contribution in [2.24, 2.45) is 17.6 Å². The lowest BCUT2D eigenvalue weighted by molar-refractivity contribution is -0.135. The maximum atomic E-state index is 13.7. The van der Waals surface area contributed by atoms with E-state index in [1.54, 1.807) is 18.4 Å². The second-order valence-corrected chi connectivity index (χ2v) is 15.9. The Morgan fingerprint density at radius 3 is 2.54 bits per heavy atom. The Hall–Kier alpha value is -4.70. The van der Waals surface area contributed by atoms with Crippen molar-refractivity contribution >= 4 is 66.4 Å². The van der Waals surface area contributed by atoms with Crippen LogP contribution in [0.5, 0.6) is 0 Å². The van der Waals surface area contributed by atoms with Gasteiger partial charge in [0.2, 0.25) is 5.91 Å². The van der Waals surface area contributed by atoms with Crippen molar-refractivity contribution in [2.75, 3.05) is 27.3 Å². The number of alkyl carbamates (subject to hydrolysis) is 1. The van der Waals surface area contributed by atoms with Crippen molar-refractivity contribution < 1.29 is 19.2 Å². The highest BCUT2D eigenvalue weighted by molar-refractivity contribution is 7.22. The summed E-state index contributed by atoms with van der Waals surface area (Å²) in [6.45, 7) is 9.42. The van der Waals surface area contributed by atoms with Crippen LogP contribution in [0.2, 0.25) is 0 Å². The van der Waals surface area contributed by atoms with Gasteiger partial charge in [0, 0.05) is 30.1 Å². The third-order valence-corrected chi connectivity index (χ3v) is 11.7. The van der Waals surface area contributed by atoms with Crippen LogP contribution < -0.4 is 16.5 Å². The second-order valence-electron chi connectivity index (χ2n) is 14.9. The summed E-state index contributed by atoms with van der Waals surface area (Å²) in [5, 5.41) is 5.57. The van der Waals surface area contributed by atoms with E-state index in [1.165, 1.54) is 7.11 Å². The molecule has 0 aliphatic carbocycles. The molecule has 7 rings (SSSR count). The lowest BCUT2D eigenvalue weighted by atomic mass is 9.89. The fraction of sp³-hybridized carbons (Fsp3) is 0.487. The van der Waals surface area contributed by atoms with E-state index >= 15 is 0 Å². The number of nitrogens with one attached hydrogen (secondary N) is 4. The molecule has 286 valence electrons. The fourth-order valence-corrected chi connectivity index (χ4v) is 8.64. The largest absolute Gasteiger partial charge is 0.453 e. The van der Waals surface area contributed by atoms with E-state index in [1.807, 2.05) is 37.1 Å². The molecule has 1 fully saturated rings. The van der Waals surface area contributed by atoms with Crippen molar-refractivity contribution in [1.29, 1.82) is 0 Å². The molecular weight excluding hydrogens is 705 g/mol. The van der Waals surface area contributed by atoms with E-state index in [-0.39, 0.29) is 29.8 Å². The molecule has 4 atom stereocenters. The number of methoxy groups -OCH3 is 1. The third kappa shape index (κ3) is 7.37. The molecule has 4 aromatic heterocycles. The highest BCUT2D eigenvalue weighted by atomic mass is 32.1. The SMILES string of the molecule is CON[C@H](CC(CCCN)c1nc2ccc3cc(-c4nc5ccc6nc([C@@H]7CCCN7C(=O)[C@@H](NC(=O)OC)C(C)C)[nH]c6c5s4)ncc3c2[nH]1)C(C)C. The van der Waals surface area contributed by atoms with Gasteiger partial charge in [0.15, 0.2) is 0 Å². The standard InChI is InChI=1S/C39H50N10O4S/c1-20(2)28(48-53-6)18-23(9-7-15-40)35-42-25-12-11-22-17-29(41-19-24(22)32(25)45-35)37-44-27-14-13-26-33(34(27)54-37)46-36(43-26)30-10-8-16-49(30)38(50)31(21(3)4)47-39(51)52-5/h11-14,17,19-21,23,28,30-31,48H,7-10,15-16,18,40H2,1-6H3,(H,42,45)(H,43,46)(H,47,51)/t23?,28-,30+,31+/m1/s1. The van der Waals surface area contributed by atoms with Crippen LogP contribution in [0.15, 0.2) is 36.5 Å². The average Bonchev–Trinajstić information content (AvgIpc) is 3.98. The summed E-state index contributed by atoms with van der Waals surface area (Å²) < 4.78 is 5.77. The lowest BCUT2D eigenvalue weighted by Crippen LogP contribution is -2.51. The van der Waals surface area contributed by atoms with Gasteiger partial charge in [0.1, 0.15) is 22.7 Å². The molecule has 1 saturated heterocycles. The van der Waals surface area contributed by atoms with Gasteiger partial charge in [-0.15, -0.1) is 11.3 Å². The number of hydrogen-bond acceptors (Lipinski definition) is 11. The number of carbonyl (C=O) groups excluding carboxylic acids is 2. The summed E-state index contributed by atoms with van der Waals surface area (Å²) in [6, 6.07) is 9.44. The van der Waals surface area contributed by atoms with Crippen molar-refractivity contribution in [2.45, 2.75) is 83.8 Å². The van der Waals surface area contributed by atoms with Gasteiger partial charge in [-0.1, -0.05) is 33.8 Å². The smallest absolute Gasteiger partial charge is 0.407 e. The van der Waals surface area contributed by atoms with E-state index in [0.29, 0.717) is 19.0 Å². The number of nitrogens with two attached hydrogens (primary N) is 1. The molecule has 6 aromatic rings. The second kappa shape index (κ2) is 16.0. The predicted octanol–water partition coefficient (Wildman–Crippen LogP) is 6.70. The highest BCUT2D eigenvalue weighted by Crippen LogP contribution is 2.38. The molecule has 1 unspecified atom stereocenters. The summed E-state index contributed by atoms with van der Waals surface area (Å²) in [7, 11) is 2.96. The molecule has 0 spiro atoms. The summed E-state index contributed by atoms with van der Waals surface area (Å²) >= 11 is 1.57. The Morgan fingerprint density at radius 1 is 1.02 bits per heavy atom. The zero-order chi connectivity index (χ0) is 38.1. The molecule has 0 saturated carbocycles. The molecule has 5 heterocycles. The van der Waals surface area contributed by atoms with Crippen LogP contribution in [0.1, 0.15) is 83.4 Å². The monoisotopic (exact) mass is 754 g/mol. The minimum atomic E-state index is -0.696. The minimum absolute atomic E-state index is 0.110. The number of imidazole rings is 2. The number of carbonyl (C=O) groups is 2. The quantitative estimate of drug-likeness (QED) is 0.0749. The molecule has 14 nitrogen and oxygen atoms in total. The average molecular weight is 755 g/mol. The van der Waals surface area contributed by atoms with Crippen molar-refractivity contribution in [3.05, 3.63) is 48.2 Å². The summed E-state index contributed by atoms with van der Waals surface area (Å²) in [5.74, 6) is 2.02. The van der Waals surface area contributed by atoms with E-state index in [0.717, 1.165) is 97.5 Å². The summed E-state index contributed by atoms with van der Waals surface area (Å²) in [4.78, 5) is 60.0. The van der Waals surface area contributed by atoms with Gasteiger partial charge < -0.3 is 35.5 Å². The number of thiazole rings is 1. The minimum Gasteiger partial charge on any atom is -0.453 e. The number of aromatic nitrogens is 6. The Balaban J connectivity index is 1.17. The highest BCUT2D eigenvalue weighted by Gasteiger charge is 2.37. The first-order valence-electron chi connectivity index (χ1n) is 18.8. The topological polar surface area (TPSA) is 189 Å². The van der Waals surface area contributed by atoms with Crippen molar-refractivity contribution in [3.63, 3.8) is 0 Å². The van der Waals surface area contributed by atoms with Gasteiger partial charge in [0.25, 0.3) is 0 Å². The zero-order valence-electron chi connectivity index (χ0n) is 31.7. The van der Waals surface area contributed by atoms with E-state index in [9.17, 15) is 9.59 Å². The molecule has 6 N–H and O–H groups in total. The number of rotatable bonds is 14. The summed E-state index contributed by atoms with van der Waals surface area (Å²) in [6.07, 6.45) is 5.62. The first-order valence-corrected chi connectivity index (χ1v) is 19.6. The molecule has 0 radical (unpaired) electrons. The fourth-order valence-electron chi connectivity index (χ4n) is 7.61. The van der Waals surface area contributed by atoms with Gasteiger partial charge in [0.05, 0.1) is 58.2 Å². The first-order chi connectivity index (χ1) is 26.1. The Kier molecular flexibility index (Phi) is 11.1. The molecule has 54 heavy (non-hydrogen) atoms. The Labute approximate surface area is 318 Å². The number of likely N-dealkylation sites (tertiary alicyclic amines) is 1. The molecular formula is C39H50N10O4S. The van der Waals surface area contributed by atoms with Gasteiger partial charge in [-0.3, -0.25) is 9.78 Å². The van der Waals surface area contributed by atoms with Crippen LogP contribution in [0, 0.1) is 11.8 Å². The maximum Gasteiger partial charge on any atom is 0.407 e. The third-order valence-electron chi connectivity index (χ3n) is 10.6. The Bertz CT molecular complexity index is 2280. The van der Waals surface area contributed by atoms with Crippen LogP contribution in [-0.4, -0.2) is 86.2 Å². The van der Waals surface area contributed by atoms with Crippen molar-refractivity contribution in [3.8, 4) is 10.7 Å². The van der Waals surface area contributed by atoms with Crippen LogP contribution in [-0.2, 0) is 14.4 Å². The number of hydroxylamine groups is 1. The number of nitrogens with zero attached hydrogens (tertiary/aromatic N) is 5. The van der Waals surface area contributed by atoms with Crippen LogP contribution in [0.25, 0.3) is 53.8 Å². The zero-order valence-corrected chi connectivity index (χ0v) is 32.5. The van der Waals surface area contributed by atoms with Gasteiger partial charge in [-0.05, 0) is 80.1 Å². The van der Waals surface area contributed by atoms with Gasteiger partial charge >= 0.3 is 6.09 Å². The van der Waals surface area contributed by atoms with Crippen LogP contribution >= 0.6 is 11.3 Å². The first kappa shape index (κ1) is 37.6. The molecule has 1 aliphatic rings. The van der Waals surface area contributed by atoms with Crippen LogP contribution in [0.4, 0.5) is 4.79 Å². The number of hydrogen-bond donors (Lipinski definition) is 5. The maximum absolute atomic E-state index is 13.7. The molecule has 2 amide bonds.